The van der Waals surface area contributed by atoms with Crippen molar-refractivity contribution in [2.24, 2.45) is 5.92 Å². The fourth-order valence-corrected chi connectivity index (χ4v) is 2.60. The van der Waals surface area contributed by atoms with Crippen molar-refractivity contribution in [3.8, 4) is 0 Å². The molecular formula is C12H18BrClN2. The van der Waals surface area contributed by atoms with Crippen LogP contribution in [0.3, 0.4) is 0 Å². The third-order valence-corrected chi connectivity index (χ3v) is 3.74. The number of nitrogens with one attached hydrogen (secondary N) is 1. The van der Waals surface area contributed by atoms with E-state index in [9.17, 15) is 0 Å². The number of nitrogens with zero attached hydrogens (tertiary/aromatic N) is 1. The summed E-state index contributed by atoms with van der Waals surface area (Å²) in [5.41, 5.74) is 0. The van der Waals surface area contributed by atoms with Crippen molar-refractivity contribution in [2.75, 3.05) is 5.32 Å². The van der Waals surface area contributed by atoms with E-state index in [0.29, 0.717) is 17.0 Å². The molecule has 1 N–H and O–H groups in total. The predicted octanol–water partition coefficient (Wildman–Crippen LogP) is 4.73. The number of aromatic nitrogens is 1. The number of anilines is 1. The van der Waals surface area contributed by atoms with Crippen molar-refractivity contribution in [1.82, 2.24) is 4.98 Å². The molecule has 0 aromatic carbocycles. The van der Waals surface area contributed by atoms with Gasteiger partial charge in [0.2, 0.25) is 0 Å². The molecule has 0 saturated heterocycles. The highest BCUT2D eigenvalue weighted by Gasteiger charge is 2.14. The molecule has 1 unspecified atom stereocenters. The second-order valence-electron chi connectivity index (χ2n) is 3.99. The van der Waals surface area contributed by atoms with Crippen molar-refractivity contribution in [2.45, 2.75) is 39.7 Å². The molecule has 0 aliphatic heterocycles. The van der Waals surface area contributed by atoms with Gasteiger partial charge >= 0.3 is 0 Å². The van der Waals surface area contributed by atoms with Gasteiger partial charge in [0.1, 0.15) is 5.82 Å². The lowest BCUT2D eigenvalue weighted by Crippen LogP contribution is -2.25. The van der Waals surface area contributed by atoms with Gasteiger partial charge in [-0.05, 0) is 34.8 Å². The zero-order chi connectivity index (χ0) is 12.1. The number of pyridine rings is 1. The second-order valence-corrected chi connectivity index (χ2v) is 5.28. The highest BCUT2D eigenvalue weighted by atomic mass is 79.9. The lowest BCUT2D eigenvalue weighted by atomic mass is 9.95. The van der Waals surface area contributed by atoms with Crippen LogP contribution < -0.4 is 5.32 Å². The Morgan fingerprint density at radius 3 is 2.56 bits per heavy atom. The molecule has 0 aliphatic carbocycles. The SMILES string of the molecule is CCC(CC)C(C)Nc1ncc(Cl)cc1Br. The minimum Gasteiger partial charge on any atom is -0.366 e. The zero-order valence-electron chi connectivity index (χ0n) is 9.93. The van der Waals surface area contributed by atoms with Crippen molar-refractivity contribution in [1.29, 1.82) is 0 Å². The smallest absolute Gasteiger partial charge is 0.140 e. The molecule has 1 aromatic heterocycles. The molecule has 1 aromatic rings. The van der Waals surface area contributed by atoms with Crippen molar-refractivity contribution >= 4 is 33.3 Å². The molecule has 4 heteroatoms. The summed E-state index contributed by atoms with van der Waals surface area (Å²) in [7, 11) is 0. The molecule has 0 fully saturated rings. The van der Waals surface area contributed by atoms with Crippen LogP contribution in [0, 0.1) is 5.92 Å². The van der Waals surface area contributed by atoms with E-state index < -0.39 is 0 Å². The van der Waals surface area contributed by atoms with Gasteiger partial charge in [-0.3, -0.25) is 0 Å². The van der Waals surface area contributed by atoms with E-state index in [4.69, 9.17) is 11.6 Å². The monoisotopic (exact) mass is 304 g/mol. The maximum absolute atomic E-state index is 5.85. The third-order valence-electron chi connectivity index (χ3n) is 2.93. The molecule has 1 rings (SSSR count). The Morgan fingerprint density at radius 2 is 2.06 bits per heavy atom. The normalized spacial score (nSPS) is 12.9. The first-order chi connectivity index (χ1) is 7.58. The third kappa shape index (κ3) is 3.63. The molecule has 0 radical (unpaired) electrons. The lowest BCUT2D eigenvalue weighted by Gasteiger charge is -2.23. The second kappa shape index (κ2) is 6.45. The van der Waals surface area contributed by atoms with Gasteiger partial charge in [0.25, 0.3) is 0 Å². The van der Waals surface area contributed by atoms with E-state index in [2.05, 4.69) is 47.0 Å². The van der Waals surface area contributed by atoms with Crippen LogP contribution in [0.1, 0.15) is 33.6 Å². The molecule has 0 spiro atoms. The topological polar surface area (TPSA) is 24.9 Å². The molecule has 2 nitrogen and oxygen atoms in total. The molecule has 16 heavy (non-hydrogen) atoms. The quantitative estimate of drug-likeness (QED) is 0.850. The molecule has 90 valence electrons. The number of halogens is 2. The average Bonchev–Trinajstić information content (AvgIpc) is 2.24. The van der Waals surface area contributed by atoms with Crippen LogP contribution in [-0.4, -0.2) is 11.0 Å². The molecule has 0 aliphatic rings. The Labute approximate surface area is 111 Å². The summed E-state index contributed by atoms with van der Waals surface area (Å²) in [6.45, 7) is 6.63. The van der Waals surface area contributed by atoms with Crippen LogP contribution in [0.2, 0.25) is 5.02 Å². The van der Waals surface area contributed by atoms with Gasteiger partial charge < -0.3 is 5.32 Å². The average molecular weight is 306 g/mol. The van der Waals surface area contributed by atoms with Crippen LogP contribution in [0.25, 0.3) is 0 Å². The van der Waals surface area contributed by atoms with Crippen LogP contribution in [0.5, 0.6) is 0 Å². The van der Waals surface area contributed by atoms with E-state index in [1.54, 1.807) is 6.20 Å². The Morgan fingerprint density at radius 1 is 1.44 bits per heavy atom. The van der Waals surface area contributed by atoms with Gasteiger partial charge in [0, 0.05) is 12.2 Å². The van der Waals surface area contributed by atoms with Gasteiger partial charge in [-0.2, -0.15) is 0 Å². The van der Waals surface area contributed by atoms with Crippen LogP contribution in [-0.2, 0) is 0 Å². The summed E-state index contributed by atoms with van der Waals surface area (Å²) < 4.78 is 0.915. The van der Waals surface area contributed by atoms with Crippen LogP contribution in [0.4, 0.5) is 5.82 Å². The first-order valence-corrected chi connectivity index (χ1v) is 6.83. The Bertz CT molecular complexity index is 340. The Balaban J connectivity index is 2.72. The Hall–Kier alpha value is -0.280. The first-order valence-electron chi connectivity index (χ1n) is 5.66. The number of hydrogen-bond acceptors (Lipinski definition) is 2. The van der Waals surface area contributed by atoms with Gasteiger partial charge in [-0.15, -0.1) is 0 Å². The summed E-state index contributed by atoms with van der Waals surface area (Å²) in [6, 6.07) is 2.27. The summed E-state index contributed by atoms with van der Waals surface area (Å²) in [5.74, 6) is 1.54. The molecular weight excluding hydrogens is 288 g/mol. The first kappa shape index (κ1) is 13.8. The minimum absolute atomic E-state index is 0.417. The molecule has 1 atom stereocenters. The van der Waals surface area contributed by atoms with E-state index in [0.717, 1.165) is 10.3 Å². The van der Waals surface area contributed by atoms with Crippen LogP contribution >= 0.6 is 27.5 Å². The van der Waals surface area contributed by atoms with Gasteiger partial charge in [0.15, 0.2) is 0 Å². The summed E-state index contributed by atoms with van der Waals surface area (Å²) in [5, 5.41) is 4.07. The largest absolute Gasteiger partial charge is 0.366 e. The van der Waals surface area contributed by atoms with E-state index >= 15 is 0 Å². The fourth-order valence-electron chi connectivity index (χ4n) is 1.85. The zero-order valence-corrected chi connectivity index (χ0v) is 12.3. The summed E-state index contributed by atoms with van der Waals surface area (Å²) in [6.07, 6.45) is 4.01. The fraction of sp³-hybridized carbons (Fsp3) is 0.583. The number of rotatable bonds is 5. The maximum Gasteiger partial charge on any atom is 0.140 e. The molecule has 0 bridgehead atoms. The maximum atomic E-state index is 5.85. The van der Waals surface area contributed by atoms with Gasteiger partial charge in [0.05, 0.1) is 9.50 Å². The van der Waals surface area contributed by atoms with Crippen molar-refractivity contribution in [3.05, 3.63) is 21.8 Å². The van der Waals surface area contributed by atoms with E-state index in [-0.39, 0.29) is 0 Å². The van der Waals surface area contributed by atoms with E-state index in [1.807, 2.05) is 6.07 Å². The summed E-state index contributed by atoms with van der Waals surface area (Å²) in [4.78, 5) is 4.28. The number of hydrogen-bond donors (Lipinski definition) is 1. The summed E-state index contributed by atoms with van der Waals surface area (Å²) >= 11 is 9.31. The van der Waals surface area contributed by atoms with Gasteiger partial charge in [-0.1, -0.05) is 38.3 Å². The highest BCUT2D eigenvalue weighted by Crippen LogP contribution is 2.25. The molecule has 1 heterocycles. The molecule has 0 amide bonds. The van der Waals surface area contributed by atoms with Crippen molar-refractivity contribution < 1.29 is 0 Å². The van der Waals surface area contributed by atoms with Gasteiger partial charge in [-0.25, -0.2) is 4.98 Å². The molecule has 0 saturated carbocycles. The van der Waals surface area contributed by atoms with Crippen LogP contribution in [0.15, 0.2) is 16.7 Å². The predicted molar refractivity (Wildman–Crippen MR) is 74.1 cm³/mol. The lowest BCUT2D eigenvalue weighted by molar-refractivity contribution is 0.437. The Kier molecular flexibility index (Phi) is 5.56. The highest BCUT2D eigenvalue weighted by molar-refractivity contribution is 9.10. The standard InChI is InChI=1S/C12H18BrClN2/c1-4-9(5-2)8(3)16-12-11(13)6-10(14)7-15-12/h6-9H,4-5H2,1-3H3,(H,15,16). The van der Waals surface area contributed by atoms with Crippen molar-refractivity contribution in [3.63, 3.8) is 0 Å². The van der Waals surface area contributed by atoms with E-state index in [1.165, 1.54) is 12.8 Å². The minimum atomic E-state index is 0.417.